The zero-order chi connectivity index (χ0) is 7.86. The second-order valence-corrected chi connectivity index (χ2v) is 1.37. The molecule has 0 saturated carbocycles. The molecule has 0 aliphatic rings. The molecule has 0 N–H and O–H groups in total. The summed E-state index contributed by atoms with van der Waals surface area (Å²) in [6.45, 7) is 2.70. The van der Waals surface area contributed by atoms with Crippen molar-refractivity contribution in [2.75, 3.05) is 0 Å². The van der Waals surface area contributed by atoms with E-state index in [0.717, 1.165) is 23.8 Å². The number of carbonyl (C=O) groups is 2. The minimum atomic E-state index is -0.187. The molecule has 0 aliphatic heterocycles. The van der Waals surface area contributed by atoms with Crippen LogP contribution < -0.4 is 0 Å². The number of halogens is 2. The van der Waals surface area contributed by atoms with E-state index in [4.69, 9.17) is 3.67 Å². The zero-order valence-corrected chi connectivity index (χ0v) is 9.10. The summed E-state index contributed by atoms with van der Waals surface area (Å²) in [6, 6.07) is 0. The molecule has 3 nitrogen and oxygen atoms in total. The van der Waals surface area contributed by atoms with E-state index in [1.165, 1.54) is 13.8 Å². The van der Waals surface area contributed by atoms with E-state index >= 15 is 0 Å². The fourth-order valence-corrected chi connectivity index (χ4v) is 0.286. The molecular weight excluding hydrogens is 230 g/mol. The van der Waals surface area contributed by atoms with Gasteiger partial charge in [-0.2, -0.15) is 0 Å². The van der Waals surface area contributed by atoms with Crippen molar-refractivity contribution in [2.24, 2.45) is 0 Å². The first-order valence-electron chi connectivity index (χ1n) is 2.17. The first kappa shape index (κ1) is 22.5. The molecule has 0 heterocycles. The van der Waals surface area contributed by atoms with Gasteiger partial charge in [0.25, 0.3) is 0 Å². The van der Waals surface area contributed by atoms with Crippen molar-refractivity contribution in [1.29, 1.82) is 0 Å². The van der Waals surface area contributed by atoms with E-state index in [1.807, 2.05) is 0 Å². The van der Waals surface area contributed by atoms with Crippen LogP contribution in [0.25, 0.3) is 0 Å². The van der Waals surface area contributed by atoms with Gasteiger partial charge >= 0.3 is 21.0 Å². The van der Waals surface area contributed by atoms with Crippen molar-refractivity contribution < 1.29 is 30.6 Å². The van der Waals surface area contributed by atoms with Crippen molar-refractivity contribution in [3.8, 4) is 0 Å². The third-order valence-corrected chi connectivity index (χ3v) is 0.407. The van der Waals surface area contributed by atoms with Gasteiger partial charge in [0.15, 0.2) is 0 Å². The van der Waals surface area contributed by atoms with E-state index in [0.29, 0.717) is 0 Å². The van der Waals surface area contributed by atoms with Gasteiger partial charge in [-0.25, -0.2) is 0 Å². The van der Waals surface area contributed by atoms with Crippen LogP contribution >= 0.6 is 24.8 Å². The molecule has 0 spiro atoms. The van der Waals surface area contributed by atoms with Crippen molar-refractivity contribution in [3.05, 3.63) is 6.42 Å². The Morgan fingerprint density at radius 2 is 1.18 bits per heavy atom. The average Bonchev–Trinajstić information content (AvgIpc) is 1.68. The predicted octanol–water partition coefficient (Wildman–Crippen LogP) is 1.09. The maximum absolute atomic E-state index is 9.98. The molecule has 0 radical (unpaired) electrons. The van der Waals surface area contributed by atoms with E-state index in [-0.39, 0.29) is 36.4 Å². The van der Waals surface area contributed by atoms with Crippen LogP contribution in [-0.4, -0.2) is 11.6 Å². The van der Waals surface area contributed by atoms with E-state index in [9.17, 15) is 9.59 Å². The Morgan fingerprint density at radius 1 is 1.00 bits per heavy atom. The number of Topliss-reactive ketones (excluding diaryl/α,β-unsaturated/α-hetero) is 2. The Kier molecular flexibility index (Phi) is 34.0. The van der Waals surface area contributed by atoms with Crippen molar-refractivity contribution in [1.82, 2.24) is 0 Å². The van der Waals surface area contributed by atoms with Gasteiger partial charge in [0.1, 0.15) is 0 Å². The predicted molar refractivity (Wildman–Crippen MR) is 40.8 cm³/mol. The summed E-state index contributed by atoms with van der Waals surface area (Å²) in [7, 11) is 0. The van der Waals surface area contributed by atoms with Crippen molar-refractivity contribution in [3.63, 3.8) is 0 Å². The molecule has 0 atom stereocenters. The number of hydrogen-bond acceptors (Lipinski definition) is 3. The summed E-state index contributed by atoms with van der Waals surface area (Å²) in [6.07, 6.45) is 1.06. The standard InChI is InChI=1S/C5H7O2.2ClH.O.V/c1-4(6)3-5(2)7;;;;/h3H,1-2H3;2*1H;;/q-1;;;;. The summed E-state index contributed by atoms with van der Waals surface area (Å²) >= 11 is 1.06. The summed E-state index contributed by atoms with van der Waals surface area (Å²) in [4.78, 5) is 20.0. The Morgan fingerprint density at radius 3 is 1.18 bits per heavy atom. The third kappa shape index (κ3) is 39.0. The van der Waals surface area contributed by atoms with Crippen LogP contribution in [0.15, 0.2) is 0 Å². The van der Waals surface area contributed by atoms with Gasteiger partial charge in [-0.05, 0) is 13.8 Å². The average molecular weight is 239 g/mol. The fraction of sp³-hybridized carbons (Fsp3) is 0.400. The molecule has 0 amide bonds. The number of hydrogen-bond donors (Lipinski definition) is 0. The quantitative estimate of drug-likeness (QED) is 0.535. The van der Waals surface area contributed by atoms with Crippen molar-refractivity contribution in [2.45, 2.75) is 13.8 Å². The Hall–Kier alpha value is 0.174. The second kappa shape index (κ2) is 16.6. The monoisotopic (exact) mass is 238 g/mol. The van der Waals surface area contributed by atoms with E-state index in [1.54, 1.807) is 0 Å². The molecule has 11 heavy (non-hydrogen) atoms. The van der Waals surface area contributed by atoms with Gasteiger partial charge in [-0.1, -0.05) is 0 Å². The molecule has 0 unspecified atom stereocenters. The number of rotatable bonds is 2. The molecule has 67 valence electrons. The SMILES string of the molecule is CC(=O)[CH-]C(C)=O.Cl.Cl.[O]=[V]. The summed E-state index contributed by atoms with van der Waals surface area (Å²) in [5, 5.41) is 0. The second-order valence-electron chi connectivity index (χ2n) is 1.37. The topological polar surface area (TPSA) is 51.2 Å². The van der Waals surface area contributed by atoms with Gasteiger partial charge in [0, 0.05) is 11.6 Å². The summed E-state index contributed by atoms with van der Waals surface area (Å²) in [5.41, 5.74) is 0. The van der Waals surface area contributed by atoms with Crippen LogP contribution in [0.3, 0.4) is 0 Å². The van der Waals surface area contributed by atoms with Crippen LogP contribution in [-0.2, 0) is 30.6 Å². The molecular formula is C5H9Cl2O3V-. The van der Waals surface area contributed by atoms with Crippen LogP contribution in [0.4, 0.5) is 0 Å². The Bertz CT molecular complexity index is 106. The molecule has 0 aromatic carbocycles. The van der Waals surface area contributed by atoms with Gasteiger partial charge in [0.2, 0.25) is 0 Å². The molecule has 0 aromatic heterocycles. The molecule has 0 saturated heterocycles. The van der Waals surface area contributed by atoms with Gasteiger partial charge in [0.05, 0.1) is 0 Å². The fourth-order valence-electron chi connectivity index (χ4n) is 0.286. The number of ketones is 2. The van der Waals surface area contributed by atoms with Gasteiger partial charge in [-0.3, -0.25) is 6.42 Å². The van der Waals surface area contributed by atoms with Crippen LogP contribution in [0.5, 0.6) is 0 Å². The molecule has 6 heteroatoms. The molecule has 0 aliphatic carbocycles. The van der Waals surface area contributed by atoms with Gasteiger partial charge in [-0.15, -0.1) is 24.8 Å². The molecule has 0 aromatic rings. The van der Waals surface area contributed by atoms with Crippen LogP contribution in [0.1, 0.15) is 13.8 Å². The summed E-state index contributed by atoms with van der Waals surface area (Å²) in [5.74, 6) is -0.375. The molecule has 0 rings (SSSR count). The Labute approximate surface area is 87.3 Å². The van der Waals surface area contributed by atoms with Crippen molar-refractivity contribution >= 4 is 36.4 Å². The van der Waals surface area contributed by atoms with E-state index in [2.05, 4.69) is 0 Å². The first-order chi connectivity index (χ1) is 4.13. The zero-order valence-electron chi connectivity index (χ0n) is 6.07. The third-order valence-electron chi connectivity index (χ3n) is 0.407. The number of carbonyl (C=O) groups excluding carboxylic acids is 2. The van der Waals surface area contributed by atoms with Gasteiger partial charge < -0.3 is 9.59 Å². The van der Waals surface area contributed by atoms with Crippen LogP contribution in [0.2, 0.25) is 0 Å². The minimum absolute atomic E-state index is 0. The summed E-state index contributed by atoms with van der Waals surface area (Å²) < 4.78 is 8.19. The molecule has 0 fully saturated rings. The first-order valence-corrected chi connectivity index (χ1v) is 2.74. The van der Waals surface area contributed by atoms with E-state index < -0.39 is 0 Å². The normalized spacial score (nSPS) is 5.18. The Balaban J connectivity index is -0.0000000564. The maximum atomic E-state index is 9.98. The van der Waals surface area contributed by atoms with Crippen LogP contribution in [0, 0.1) is 6.42 Å². The molecule has 0 bridgehead atoms.